The van der Waals surface area contributed by atoms with Crippen LogP contribution in [-0.4, -0.2) is 31.7 Å². The van der Waals surface area contributed by atoms with Crippen LogP contribution in [0.2, 0.25) is 0 Å². The van der Waals surface area contributed by atoms with E-state index < -0.39 is 10.0 Å². The van der Waals surface area contributed by atoms with E-state index >= 15 is 0 Å². The van der Waals surface area contributed by atoms with Crippen LogP contribution in [-0.2, 0) is 21.2 Å². The zero-order chi connectivity index (χ0) is 19.8. The van der Waals surface area contributed by atoms with Gasteiger partial charge in [-0.1, -0.05) is 66.7 Å². The molecule has 3 aromatic rings. The molecule has 0 atom stereocenters. The fourth-order valence-electron chi connectivity index (χ4n) is 2.81. The van der Waals surface area contributed by atoms with E-state index in [0.717, 1.165) is 5.56 Å². The normalized spacial score (nSPS) is 11.3. The Kier molecular flexibility index (Phi) is 6.57. The van der Waals surface area contributed by atoms with Gasteiger partial charge in [-0.15, -0.1) is 0 Å². The van der Waals surface area contributed by atoms with Crippen LogP contribution in [0.1, 0.15) is 5.56 Å². The minimum atomic E-state index is -3.79. The maximum absolute atomic E-state index is 13.1. The quantitative estimate of drug-likeness (QED) is 0.635. The van der Waals surface area contributed by atoms with Gasteiger partial charge in [0.1, 0.15) is 0 Å². The predicted octanol–water partition coefficient (Wildman–Crippen LogP) is 3.56. The molecule has 0 bridgehead atoms. The van der Waals surface area contributed by atoms with Gasteiger partial charge in [0.15, 0.2) is 0 Å². The lowest BCUT2D eigenvalue weighted by atomic mass is 10.1. The summed E-state index contributed by atoms with van der Waals surface area (Å²) in [6.07, 6.45) is 0.519. The van der Waals surface area contributed by atoms with Gasteiger partial charge < -0.3 is 5.32 Å². The largest absolute Gasteiger partial charge is 0.325 e. The fraction of sp³-hybridized carbons (Fsp3) is 0.136. The molecular weight excluding hydrogens is 372 g/mol. The summed E-state index contributed by atoms with van der Waals surface area (Å²) in [6.45, 7) is -0.0393. The zero-order valence-electron chi connectivity index (χ0n) is 15.4. The van der Waals surface area contributed by atoms with Gasteiger partial charge in [-0.05, 0) is 36.2 Å². The summed E-state index contributed by atoms with van der Waals surface area (Å²) in [7, 11) is -3.79. The minimum absolute atomic E-state index is 0.176. The second-order valence-corrected chi connectivity index (χ2v) is 8.24. The lowest BCUT2D eigenvalue weighted by Gasteiger charge is -2.22. The van der Waals surface area contributed by atoms with Crippen LogP contribution in [0.15, 0.2) is 95.9 Å². The van der Waals surface area contributed by atoms with Crippen molar-refractivity contribution in [3.05, 3.63) is 96.6 Å². The summed E-state index contributed by atoms with van der Waals surface area (Å²) in [5.41, 5.74) is 1.65. The molecule has 0 heterocycles. The Hall–Kier alpha value is -2.96. The van der Waals surface area contributed by atoms with Crippen molar-refractivity contribution in [3.8, 4) is 0 Å². The second-order valence-electron chi connectivity index (χ2n) is 6.30. The third-order valence-electron chi connectivity index (χ3n) is 4.25. The highest BCUT2D eigenvalue weighted by Gasteiger charge is 2.26. The molecule has 6 heteroatoms. The average molecular weight is 394 g/mol. The molecule has 5 nitrogen and oxygen atoms in total. The number of hydrogen-bond acceptors (Lipinski definition) is 3. The maximum atomic E-state index is 13.1. The van der Waals surface area contributed by atoms with Gasteiger partial charge in [0.05, 0.1) is 11.4 Å². The highest BCUT2D eigenvalue weighted by Crippen LogP contribution is 2.16. The number of nitrogens with zero attached hydrogens (tertiary/aromatic N) is 1. The highest BCUT2D eigenvalue weighted by atomic mass is 32.2. The van der Waals surface area contributed by atoms with Gasteiger partial charge in [0.25, 0.3) is 0 Å². The number of nitrogens with one attached hydrogen (secondary N) is 1. The number of amides is 1. The van der Waals surface area contributed by atoms with E-state index in [1.807, 2.05) is 48.5 Å². The molecule has 0 fully saturated rings. The number of carbonyl (C=O) groups is 1. The molecule has 28 heavy (non-hydrogen) atoms. The molecule has 0 aliphatic rings. The van der Waals surface area contributed by atoms with E-state index in [2.05, 4.69) is 5.32 Å². The molecule has 144 valence electrons. The van der Waals surface area contributed by atoms with Gasteiger partial charge in [-0.3, -0.25) is 4.79 Å². The van der Waals surface area contributed by atoms with E-state index in [4.69, 9.17) is 0 Å². The van der Waals surface area contributed by atoms with Crippen molar-refractivity contribution in [2.75, 3.05) is 18.4 Å². The summed E-state index contributed by atoms with van der Waals surface area (Å²) in [4.78, 5) is 12.7. The lowest BCUT2D eigenvalue weighted by molar-refractivity contribution is -0.116. The van der Waals surface area contributed by atoms with Crippen molar-refractivity contribution in [1.29, 1.82) is 0 Å². The molecule has 3 rings (SSSR count). The summed E-state index contributed by atoms with van der Waals surface area (Å²) in [6, 6.07) is 26.8. The Morgan fingerprint density at radius 2 is 1.32 bits per heavy atom. The molecule has 0 aromatic heterocycles. The highest BCUT2D eigenvalue weighted by molar-refractivity contribution is 7.89. The number of sulfonamides is 1. The number of carbonyl (C=O) groups excluding carboxylic acids is 1. The Morgan fingerprint density at radius 1 is 0.786 bits per heavy atom. The summed E-state index contributed by atoms with van der Waals surface area (Å²) >= 11 is 0. The molecule has 0 aliphatic carbocycles. The van der Waals surface area contributed by atoms with Gasteiger partial charge in [-0.25, -0.2) is 8.42 Å². The molecule has 1 N–H and O–H groups in total. The number of rotatable bonds is 8. The number of benzene rings is 3. The van der Waals surface area contributed by atoms with Crippen molar-refractivity contribution < 1.29 is 13.2 Å². The van der Waals surface area contributed by atoms with Gasteiger partial charge in [0, 0.05) is 12.2 Å². The van der Waals surface area contributed by atoms with E-state index in [1.165, 1.54) is 4.31 Å². The van der Waals surface area contributed by atoms with Gasteiger partial charge >= 0.3 is 0 Å². The molecule has 0 aliphatic heterocycles. The maximum Gasteiger partial charge on any atom is 0.243 e. The molecule has 0 unspecified atom stereocenters. The topological polar surface area (TPSA) is 66.5 Å². The SMILES string of the molecule is O=C(CN(CCc1ccccc1)S(=O)(=O)c1ccccc1)Nc1ccccc1. The van der Waals surface area contributed by atoms with Crippen LogP contribution < -0.4 is 5.32 Å². The van der Waals surface area contributed by atoms with Crippen LogP contribution in [0.5, 0.6) is 0 Å². The van der Waals surface area contributed by atoms with Crippen molar-refractivity contribution in [2.24, 2.45) is 0 Å². The minimum Gasteiger partial charge on any atom is -0.325 e. The lowest BCUT2D eigenvalue weighted by Crippen LogP contribution is -2.39. The first-order valence-electron chi connectivity index (χ1n) is 9.00. The standard InChI is InChI=1S/C22H22N2O3S/c25-22(23-20-12-6-2-7-13-20)18-24(17-16-19-10-4-1-5-11-19)28(26,27)21-14-8-3-9-15-21/h1-15H,16-18H2,(H,23,25). The number of anilines is 1. The van der Waals surface area contributed by atoms with Crippen LogP contribution in [0.3, 0.4) is 0 Å². The van der Waals surface area contributed by atoms with Crippen molar-refractivity contribution in [1.82, 2.24) is 4.31 Å². The van der Waals surface area contributed by atoms with Crippen LogP contribution in [0, 0.1) is 0 Å². The Balaban J connectivity index is 1.78. The molecule has 0 radical (unpaired) electrons. The van der Waals surface area contributed by atoms with E-state index in [9.17, 15) is 13.2 Å². The first kappa shape index (κ1) is 19.8. The van der Waals surface area contributed by atoms with Crippen LogP contribution >= 0.6 is 0 Å². The fourth-order valence-corrected chi connectivity index (χ4v) is 4.22. The number of hydrogen-bond donors (Lipinski definition) is 1. The summed E-state index contributed by atoms with van der Waals surface area (Å²) in [5.74, 6) is -0.376. The Bertz CT molecular complexity index is 992. The molecular formula is C22H22N2O3S. The third-order valence-corrected chi connectivity index (χ3v) is 6.11. The first-order chi connectivity index (χ1) is 13.6. The molecule has 3 aromatic carbocycles. The van der Waals surface area contributed by atoms with Crippen LogP contribution in [0.4, 0.5) is 5.69 Å². The zero-order valence-corrected chi connectivity index (χ0v) is 16.2. The molecule has 0 saturated carbocycles. The monoisotopic (exact) mass is 394 g/mol. The third kappa shape index (κ3) is 5.28. The van der Waals surface area contributed by atoms with Gasteiger partial charge in [-0.2, -0.15) is 4.31 Å². The summed E-state index contributed by atoms with van der Waals surface area (Å²) < 4.78 is 27.4. The molecule has 1 amide bonds. The smallest absolute Gasteiger partial charge is 0.243 e. The second kappa shape index (κ2) is 9.30. The van der Waals surface area contributed by atoms with Crippen molar-refractivity contribution >= 4 is 21.6 Å². The number of para-hydroxylation sites is 1. The molecule has 0 saturated heterocycles. The van der Waals surface area contributed by atoms with Crippen LogP contribution in [0.25, 0.3) is 0 Å². The van der Waals surface area contributed by atoms with E-state index in [-0.39, 0.29) is 23.9 Å². The summed E-state index contributed by atoms with van der Waals surface area (Å²) in [5, 5.41) is 2.75. The van der Waals surface area contributed by atoms with E-state index in [1.54, 1.807) is 42.5 Å². The average Bonchev–Trinajstić information content (AvgIpc) is 2.73. The Labute approximate surface area is 165 Å². The van der Waals surface area contributed by atoms with Gasteiger partial charge in [0.2, 0.25) is 15.9 Å². The van der Waals surface area contributed by atoms with Crippen molar-refractivity contribution in [3.63, 3.8) is 0 Å². The van der Waals surface area contributed by atoms with E-state index in [0.29, 0.717) is 12.1 Å². The predicted molar refractivity (Wildman–Crippen MR) is 110 cm³/mol. The molecule has 0 spiro atoms. The Morgan fingerprint density at radius 3 is 1.93 bits per heavy atom. The van der Waals surface area contributed by atoms with Crippen molar-refractivity contribution in [2.45, 2.75) is 11.3 Å². The first-order valence-corrected chi connectivity index (χ1v) is 10.4.